The zero-order valence-corrected chi connectivity index (χ0v) is 33.6. The first-order chi connectivity index (χ1) is 27.5. The van der Waals surface area contributed by atoms with Crippen LogP contribution in [-0.2, 0) is 33.9 Å². The van der Waals surface area contributed by atoms with Crippen LogP contribution in [0.2, 0.25) is 0 Å². The largest absolute Gasteiger partial charge is 0.497 e. The number of hydrogen-bond donors (Lipinski definition) is 1. The molecule has 2 saturated heterocycles. The van der Waals surface area contributed by atoms with Crippen molar-refractivity contribution in [2.45, 2.75) is 107 Å². The Morgan fingerprint density at radius 1 is 1.07 bits per heavy atom. The molecule has 3 amide bonds. The first-order valence-electron chi connectivity index (χ1n) is 20.7. The van der Waals surface area contributed by atoms with Gasteiger partial charge in [-0.15, -0.1) is 6.58 Å². The molecule has 3 aliphatic heterocycles. The number of carbonyl (C=O) groups excluding carboxylic acids is 4. The lowest BCUT2D eigenvalue weighted by Gasteiger charge is -2.32. The average Bonchev–Trinajstić information content (AvgIpc) is 3.97. The van der Waals surface area contributed by atoms with Gasteiger partial charge < -0.3 is 24.0 Å². The summed E-state index contributed by atoms with van der Waals surface area (Å²) in [5.41, 5.74) is 0.139. The summed E-state index contributed by atoms with van der Waals surface area (Å²) in [5.74, 6) is -1.39. The number of allylic oxidation sites excluding steroid dienone is 2. The minimum Gasteiger partial charge on any atom is -0.497 e. The van der Waals surface area contributed by atoms with E-state index in [1.807, 2.05) is 35.2 Å². The Kier molecular flexibility index (Phi) is 11.2. The van der Waals surface area contributed by atoms with Gasteiger partial charge in [-0.25, -0.2) is 13.4 Å². The second-order valence-corrected chi connectivity index (χ2v) is 18.9. The van der Waals surface area contributed by atoms with E-state index in [-0.39, 0.29) is 67.8 Å². The summed E-state index contributed by atoms with van der Waals surface area (Å²) in [6.45, 7) is 5.59. The Morgan fingerprint density at radius 2 is 1.88 bits per heavy atom. The number of hydrogen-bond acceptors (Lipinski definition) is 10. The molecule has 5 fully saturated rings. The number of pyridine rings is 1. The number of carbonyl (C=O) groups is 4. The summed E-state index contributed by atoms with van der Waals surface area (Å²) >= 11 is 0. The molecule has 1 N–H and O–H groups in total. The van der Waals surface area contributed by atoms with E-state index in [4.69, 9.17) is 19.2 Å². The number of ketones is 1. The van der Waals surface area contributed by atoms with Crippen LogP contribution in [0.15, 0.2) is 43.0 Å². The van der Waals surface area contributed by atoms with Crippen LogP contribution in [0.5, 0.6) is 11.6 Å². The van der Waals surface area contributed by atoms with E-state index in [0.717, 1.165) is 55.9 Å². The molecule has 13 nitrogen and oxygen atoms in total. The summed E-state index contributed by atoms with van der Waals surface area (Å²) < 4.78 is 46.3. The topological polar surface area (TPSA) is 162 Å². The molecule has 4 heterocycles. The van der Waals surface area contributed by atoms with E-state index in [0.29, 0.717) is 49.7 Å². The van der Waals surface area contributed by atoms with Crippen molar-refractivity contribution in [2.24, 2.45) is 23.2 Å². The van der Waals surface area contributed by atoms with Crippen LogP contribution in [0.4, 0.5) is 0 Å². The number of nitrogens with one attached hydrogen (secondary N) is 1. The van der Waals surface area contributed by atoms with Crippen LogP contribution in [0.25, 0.3) is 17.0 Å². The highest BCUT2D eigenvalue weighted by atomic mass is 32.2. The third kappa shape index (κ3) is 8.35. The molecule has 306 valence electrons. The van der Waals surface area contributed by atoms with Crippen LogP contribution < -0.4 is 14.2 Å². The van der Waals surface area contributed by atoms with Crippen molar-refractivity contribution in [1.82, 2.24) is 19.5 Å². The van der Waals surface area contributed by atoms with Crippen LogP contribution in [0, 0.1) is 23.2 Å². The number of nitrogens with zero attached hydrogens (tertiary/aromatic N) is 3. The Hall–Kier alpha value is -4.30. The average molecular weight is 803 g/mol. The SMILES string of the molecule is C=C[C@H]1C[C@]1(CC(=O)C1C[C@@H]2CN1C(=O)[C@H](C1CCCC1)CC(=O)N1CC[C@@H](C1)OCCC/C=C/c1cc3ccc(OC)cc3nc1O2)C(=O)NS(=O)(=O)C1CC1. The van der Waals surface area contributed by atoms with Crippen molar-refractivity contribution in [1.29, 1.82) is 0 Å². The molecule has 6 aliphatic rings. The number of Topliss-reactive ketones (excluding diaryl/α,β-unsaturated/α-hetero) is 1. The zero-order chi connectivity index (χ0) is 39.9. The van der Waals surface area contributed by atoms with E-state index in [1.165, 1.54) is 0 Å². The van der Waals surface area contributed by atoms with Gasteiger partial charge >= 0.3 is 0 Å². The number of amides is 3. The van der Waals surface area contributed by atoms with Gasteiger partial charge in [-0.2, -0.15) is 0 Å². The molecular formula is C43H54N4O9S. The van der Waals surface area contributed by atoms with Gasteiger partial charge in [0.25, 0.3) is 0 Å². The smallest absolute Gasteiger partial charge is 0.240 e. The molecule has 57 heavy (non-hydrogen) atoms. The van der Waals surface area contributed by atoms with E-state index in [2.05, 4.69) is 17.4 Å². The van der Waals surface area contributed by atoms with Gasteiger partial charge in [0.15, 0.2) is 5.78 Å². The van der Waals surface area contributed by atoms with Crippen molar-refractivity contribution in [3.8, 4) is 11.6 Å². The van der Waals surface area contributed by atoms with Gasteiger partial charge in [-0.1, -0.05) is 31.1 Å². The number of sulfonamides is 1. The Labute approximate surface area is 334 Å². The van der Waals surface area contributed by atoms with Gasteiger partial charge in [0.05, 0.1) is 42.0 Å². The Balaban J connectivity index is 1.14. The van der Waals surface area contributed by atoms with Crippen LogP contribution in [-0.4, -0.2) is 104 Å². The fourth-order valence-corrected chi connectivity index (χ4v) is 10.9. The standard InChI is InChI=1S/C43H54N4O9S/c1-3-30-23-43(30,42(51)45-57(52,53)34-14-15-34)24-38(48)37-21-33-26-47(37)41(50)35(27-9-6-7-10-27)22-39(49)46-17-16-32(25-46)55-18-8-4-5-11-29-19-28-12-13-31(54-2)20-36(28)44-40(29)56-33/h3,5,11-13,19-20,27,30,32-35,37H,1,4,6-10,14-18,21-26H2,2H3,(H,45,51)/b11-5+/t30-,32-,33+,35-,37?,43+/m0/s1. The molecule has 1 aromatic heterocycles. The van der Waals surface area contributed by atoms with Crippen LogP contribution in [0.3, 0.4) is 0 Å². The second kappa shape index (κ2) is 16.2. The van der Waals surface area contributed by atoms with Gasteiger partial charge in [-0.3, -0.25) is 23.9 Å². The van der Waals surface area contributed by atoms with Crippen LogP contribution in [0.1, 0.15) is 89.0 Å². The maximum absolute atomic E-state index is 15.0. The molecule has 4 bridgehead atoms. The molecule has 8 rings (SSSR count). The number of aromatic nitrogens is 1. The maximum Gasteiger partial charge on any atom is 0.240 e. The van der Waals surface area contributed by atoms with E-state index < -0.39 is 44.7 Å². The number of rotatable bonds is 9. The van der Waals surface area contributed by atoms with Crippen molar-refractivity contribution in [3.05, 3.63) is 48.6 Å². The summed E-state index contributed by atoms with van der Waals surface area (Å²) in [4.78, 5) is 65.6. The third-order valence-electron chi connectivity index (χ3n) is 13.1. The summed E-state index contributed by atoms with van der Waals surface area (Å²) in [6.07, 6.45) is 12.0. The highest BCUT2D eigenvalue weighted by Gasteiger charge is 2.61. The summed E-state index contributed by atoms with van der Waals surface area (Å²) in [7, 11) is -2.26. The lowest BCUT2D eigenvalue weighted by molar-refractivity contribution is -0.146. The Morgan fingerprint density at radius 3 is 2.61 bits per heavy atom. The van der Waals surface area contributed by atoms with Gasteiger partial charge in [0, 0.05) is 61.9 Å². The molecule has 6 atom stereocenters. The van der Waals surface area contributed by atoms with Gasteiger partial charge in [0.2, 0.25) is 33.6 Å². The predicted molar refractivity (Wildman–Crippen MR) is 213 cm³/mol. The molecule has 0 radical (unpaired) electrons. The van der Waals surface area contributed by atoms with E-state index in [9.17, 15) is 27.6 Å². The molecule has 1 aromatic carbocycles. The van der Waals surface area contributed by atoms with Gasteiger partial charge in [-0.05, 0) is 81.4 Å². The zero-order valence-electron chi connectivity index (χ0n) is 32.7. The lowest BCUT2D eigenvalue weighted by atomic mass is 9.85. The normalized spacial score (nSPS) is 30.5. The number of ether oxygens (including phenoxy) is 3. The van der Waals surface area contributed by atoms with E-state index in [1.54, 1.807) is 18.1 Å². The fraction of sp³-hybridized carbons (Fsp3) is 0.605. The number of benzene rings is 1. The molecule has 2 aromatic rings. The van der Waals surface area contributed by atoms with Crippen molar-refractivity contribution >= 4 is 50.5 Å². The Bertz CT molecular complexity index is 2060. The van der Waals surface area contributed by atoms with Crippen LogP contribution >= 0.6 is 0 Å². The number of methoxy groups -OCH3 is 1. The monoisotopic (exact) mass is 802 g/mol. The van der Waals surface area contributed by atoms with Gasteiger partial charge in [0.1, 0.15) is 11.9 Å². The molecule has 1 unspecified atom stereocenters. The minimum absolute atomic E-state index is 0.00636. The van der Waals surface area contributed by atoms with Crippen molar-refractivity contribution < 1.29 is 41.8 Å². The second-order valence-electron chi connectivity index (χ2n) is 17.0. The molecule has 0 spiro atoms. The first kappa shape index (κ1) is 39.5. The summed E-state index contributed by atoms with van der Waals surface area (Å²) in [5, 5.41) is 0.293. The quantitative estimate of drug-likeness (QED) is 0.343. The molecule has 3 saturated carbocycles. The molecule has 14 heteroatoms. The first-order valence-corrected chi connectivity index (χ1v) is 22.3. The van der Waals surface area contributed by atoms with Crippen molar-refractivity contribution in [3.63, 3.8) is 0 Å². The fourth-order valence-electron chi connectivity index (χ4n) is 9.48. The third-order valence-corrected chi connectivity index (χ3v) is 14.9. The number of fused-ring (bicyclic) bond motifs is 6. The minimum atomic E-state index is -3.85. The maximum atomic E-state index is 15.0. The molecular weight excluding hydrogens is 749 g/mol. The van der Waals surface area contributed by atoms with E-state index >= 15 is 0 Å². The predicted octanol–water partition coefficient (Wildman–Crippen LogP) is 4.97. The van der Waals surface area contributed by atoms with Crippen molar-refractivity contribution in [2.75, 3.05) is 33.4 Å². The highest BCUT2D eigenvalue weighted by molar-refractivity contribution is 7.90. The highest BCUT2D eigenvalue weighted by Crippen LogP contribution is 2.57. The summed E-state index contributed by atoms with van der Waals surface area (Å²) in [6, 6.07) is 6.69. The molecule has 3 aliphatic carbocycles. The lowest BCUT2D eigenvalue weighted by Crippen LogP contribution is -2.48.